The second-order valence-corrected chi connectivity index (χ2v) is 8.46. The zero-order chi connectivity index (χ0) is 23.0. The average Bonchev–Trinajstić information content (AvgIpc) is 3.36. The van der Waals surface area contributed by atoms with E-state index in [1.54, 1.807) is 22.5 Å². The summed E-state index contributed by atoms with van der Waals surface area (Å²) in [7, 11) is 0. The number of carbonyl (C=O) groups is 1. The van der Waals surface area contributed by atoms with Crippen molar-refractivity contribution in [2.75, 3.05) is 5.32 Å². The van der Waals surface area contributed by atoms with Crippen LogP contribution in [0, 0.1) is 27.7 Å². The molecular weight excluding hydrogens is 451 g/mol. The van der Waals surface area contributed by atoms with Crippen LogP contribution in [0.1, 0.15) is 44.3 Å². The summed E-state index contributed by atoms with van der Waals surface area (Å²) in [5, 5.41) is 16.4. The minimum Gasteiger partial charge on any atom is -0.361 e. The van der Waals surface area contributed by atoms with Gasteiger partial charge in [0.2, 0.25) is 0 Å². The third kappa shape index (κ3) is 4.42. The molecule has 32 heavy (non-hydrogen) atoms. The Balaban J connectivity index is 1.53. The molecule has 0 aliphatic heterocycles. The zero-order valence-corrected chi connectivity index (χ0v) is 19.6. The number of benzene rings is 1. The number of carbonyl (C=O) groups excluding carboxylic acids is 1. The second kappa shape index (κ2) is 8.80. The normalized spacial score (nSPS) is 11.2. The van der Waals surface area contributed by atoms with Crippen LogP contribution in [0.5, 0.6) is 0 Å². The van der Waals surface area contributed by atoms with Crippen LogP contribution in [-0.2, 0) is 13.1 Å². The maximum absolute atomic E-state index is 13.0. The maximum Gasteiger partial charge on any atom is 0.279 e. The number of nitrogens with zero attached hydrogens (tertiary/aromatic N) is 5. The summed E-state index contributed by atoms with van der Waals surface area (Å²) in [6.07, 6.45) is 1.67. The lowest BCUT2D eigenvalue weighted by atomic mass is 10.1. The SMILES string of the molecule is Cc1ccc(Cn2cc(Cl)c(NC(=O)c3noc(C)c3Cn3nc(C)c(Cl)c3C)n2)cc1. The van der Waals surface area contributed by atoms with Crippen molar-refractivity contribution < 1.29 is 9.32 Å². The largest absolute Gasteiger partial charge is 0.361 e. The number of hydrogen-bond acceptors (Lipinski definition) is 5. The molecule has 0 saturated heterocycles. The number of amides is 1. The molecule has 10 heteroatoms. The minimum atomic E-state index is -0.466. The molecule has 4 rings (SSSR count). The number of nitrogens with one attached hydrogen (secondary N) is 1. The van der Waals surface area contributed by atoms with E-state index in [-0.39, 0.29) is 11.5 Å². The van der Waals surface area contributed by atoms with E-state index >= 15 is 0 Å². The van der Waals surface area contributed by atoms with Gasteiger partial charge in [0.15, 0.2) is 11.5 Å². The van der Waals surface area contributed by atoms with Crippen LogP contribution < -0.4 is 5.32 Å². The predicted octanol–water partition coefficient (Wildman–Crippen LogP) is 4.96. The number of halogens is 2. The highest BCUT2D eigenvalue weighted by Gasteiger charge is 2.23. The van der Waals surface area contributed by atoms with Crippen LogP contribution in [0.3, 0.4) is 0 Å². The fourth-order valence-corrected chi connectivity index (χ4v) is 3.68. The molecule has 3 heterocycles. The van der Waals surface area contributed by atoms with Gasteiger partial charge in [0.05, 0.1) is 29.5 Å². The Bertz CT molecular complexity index is 1290. The first-order chi connectivity index (χ1) is 15.2. The van der Waals surface area contributed by atoms with Gasteiger partial charge in [0.1, 0.15) is 10.8 Å². The third-order valence-electron chi connectivity index (χ3n) is 5.21. The van der Waals surface area contributed by atoms with Gasteiger partial charge in [-0.25, -0.2) is 0 Å². The van der Waals surface area contributed by atoms with Crippen LogP contribution >= 0.6 is 23.2 Å². The van der Waals surface area contributed by atoms with Crippen molar-refractivity contribution in [3.63, 3.8) is 0 Å². The Morgan fingerprint density at radius 1 is 1.06 bits per heavy atom. The van der Waals surface area contributed by atoms with Gasteiger partial charge in [-0.3, -0.25) is 14.2 Å². The van der Waals surface area contributed by atoms with Crippen molar-refractivity contribution in [1.82, 2.24) is 24.7 Å². The monoisotopic (exact) mass is 472 g/mol. The van der Waals surface area contributed by atoms with Crippen molar-refractivity contribution in [2.45, 2.75) is 40.8 Å². The van der Waals surface area contributed by atoms with E-state index in [0.29, 0.717) is 34.5 Å². The highest BCUT2D eigenvalue weighted by molar-refractivity contribution is 6.33. The standard InChI is InChI=1S/C22H22Cl2N6O2/c1-12-5-7-16(8-6-12)9-29-11-18(23)21(27-29)25-22(31)20-17(15(4)32-28-20)10-30-14(3)19(24)13(2)26-30/h5-8,11H,9-10H2,1-4H3,(H,25,27,31). The van der Waals surface area contributed by atoms with E-state index in [0.717, 1.165) is 17.0 Å². The minimum absolute atomic E-state index is 0.148. The van der Waals surface area contributed by atoms with Gasteiger partial charge in [-0.15, -0.1) is 0 Å². The quantitative estimate of drug-likeness (QED) is 0.428. The van der Waals surface area contributed by atoms with Gasteiger partial charge in [-0.1, -0.05) is 58.2 Å². The van der Waals surface area contributed by atoms with Crippen LogP contribution in [-0.4, -0.2) is 30.6 Å². The van der Waals surface area contributed by atoms with Crippen LogP contribution in [0.4, 0.5) is 5.82 Å². The van der Waals surface area contributed by atoms with Crippen molar-refractivity contribution in [3.8, 4) is 0 Å². The molecule has 0 spiro atoms. The Kier molecular flexibility index (Phi) is 6.08. The van der Waals surface area contributed by atoms with E-state index in [4.69, 9.17) is 27.7 Å². The topological polar surface area (TPSA) is 90.8 Å². The third-order valence-corrected chi connectivity index (χ3v) is 6.04. The van der Waals surface area contributed by atoms with Gasteiger partial charge in [0.25, 0.3) is 5.91 Å². The van der Waals surface area contributed by atoms with E-state index in [1.165, 1.54) is 5.56 Å². The molecule has 0 radical (unpaired) electrons. The van der Waals surface area contributed by atoms with Crippen molar-refractivity contribution in [2.24, 2.45) is 0 Å². The Hall–Kier alpha value is -3.10. The zero-order valence-electron chi connectivity index (χ0n) is 18.1. The molecule has 1 N–H and O–H groups in total. The molecule has 0 unspecified atom stereocenters. The van der Waals surface area contributed by atoms with E-state index < -0.39 is 5.91 Å². The number of aryl methyl sites for hydroxylation is 3. The number of aromatic nitrogens is 5. The molecule has 0 saturated carbocycles. The Morgan fingerprint density at radius 3 is 2.44 bits per heavy atom. The lowest BCUT2D eigenvalue weighted by Crippen LogP contribution is -2.17. The Labute approximate surface area is 195 Å². The molecule has 1 aromatic carbocycles. The average molecular weight is 473 g/mol. The highest BCUT2D eigenvalue weighted by atomic mass is 35.5. The summed E-state index contributed by atoms with van der Waals surface area (Å²) in [5.74, 6) is 0.311. The van der Waals surface area contributed by atoms with Gasteiger partial charge in [-0.2, -0.15) is 10.2 Å². The molecule has 0 fully saturated rings. The van der Waals surface area contributed by atoms with Crippen molar-refractivity contribution in [1.29, 1.82) is 0 Å². The van der Waals surface area contributed by atoms with E-state index in [9.17, 15) is 4.79 Å². The van der Waals surface area contributed by atoms with E-state index in [2.05, 4.69) is 20.7 Å². The molecular formula is C22H22Cl2N6O2. The number of rotatable bonds is 6. The van der Waals surface area contributed by atoms with Crippen LogP contribution in [0.15, 0.2) is 35.0 Å². The summed E-state index contributed by atoms with van der Waals surface area (Å²) >= 11 is 12.6. The molecule has 3 aromatic heterocycles. The molecule has 0 bridgehead atoms. The highest BCUT2D eigenvalue weighted by Crippen LogP contribution is 2.24. The molecule has 166 valence electrons. The molecule has 4 aromatic rings. The lowest BCUT2D eigenvalue weighted by Gasteiger charge is -2.06. The fraction of sp³-hybridized carbons (Fsp3) is 0.273. The molecule has 0 aliphatic rings. The molecule has 0 aliphatic carbocycles. The Morgan fingerprint density at radius 2 is 1.78 bits per heavy atom. The summed E-state index contributed by atoms with van der Waals surface area (Å²) in [6.45, 7) is 8.30. The molecule has 1 amide bonds. The summed E-state index contributed by atoms with van der Waals surface area (Å²) in [5.41, 5.74) is 4.53. The lowest BCUT2D eigenvalue weighted by molar-refractivity contribution is 0.101. The fourth-order valence-electron chi connectivity index (χ4n) is 3.34. The smallest absolute Gasteiger partial charge is 0.279 e. The summed E-state index contributed by atoms with van der Waals surface area (Å²) in [4.78, 5) is 13.0. The maximum atomic E-state index is 13.0. The van der Waals surface area contributed by atoms with E-state index in [1.807, 2.05) is 45.0 Å². The van der Waals surface area contributed by atoms with Crippen LogP contribution in [0.2, 0.25) is 10.0 Å². The van der Waals surface area contributed by atoms with Gasteiger partial charge >= 0.3 is 0 Å². The summed E-state index contributed by atoms with van der Waals surface area (Å²) in [6, 6.07) is 8.12. The first-order valence-electron chi connectivity index (χ1n) is 9.97. The number of hydrogen-bond donors (Lipinski definition) is 1. The second-order valence-electron chi connectivity index (χ2n) is 7.67. The van der Waals surface area contributed by atoms with Crippen molar-refractivity contribution >= 4 is 34.9 Å². The molecule has 8 nitrogen and oxygen atoms in total. The van der Waals surface area contributed by atoms with Gasteiger partial charge in [-0.05, 0) is 33.3 Å². The number of anilines is 1. The van der Waals surface area contributed by atoms with Gasteiger partial charge < -0.3 is 9.84 Å². The van der Waals surface area contributed by atoms with Crippen molar-refractivity contribution in [3.05, 3.63) is 80.0 Å². The van der Waals surface area contributed by atoms with Gasteiger partial charge in [0, 0.05) is 11.8 Å². The summed E-state index contributed by atoms with van der Waals surface area (Å²) < 4.78 is 8.68. The predicted molar refractivity (Wildman–Crippen MR) is 123 cm³/mol. The molecule has 0 atom stereocenters. The van der Waals surface area contributed by atoms with Crippen LogP contribution in [0.25, 0.3) is 0 Å². The first kappa shape index (κ1) is 22.1. The first-order valence-corrected chi connectivity index (χ1v) is 10.7.